The van der Waals surface area contributed by atoms with Crippen LogP contribution in [0.3, 0.4) is 0 Å². The quantitative estimate of drug-likeness (QED) is 0.810. The van der Waals surface area contributed by atoms with Crippen molar-refractivity contribution >= 4 is 0 Å². The molecular formula is C12H13N3O. The molecule has 2 rings (SSSR count). The molecule has 1 heterocycles. The van der Waals surface area contributed by atoms with Crippen LogP contribution in [-0.2, 0) is 6.42 Å². The predicted molar refractivity (Wildman–Crippen MR) is 61.9 cm³/mol. The first-order chi connectivity index (χ1) is 7.79. The summed E-state index contributed by atoms with van der Waals surface area (Å²) in [4.78, 5) is 8.50. The van der Waals surface area contributed by atoms with Crippen LogP contribution in [0.1, 0.15) is 5.56 Å². The van der Waals surface area contributed by atoms with Gasteiger partial charge in [-0.2, -0.15) is 0 Å². The lowest BCUT2D eigenvalue weighted by atomic mass is 10.2. The average Bonchev–Trinajstić information content (AvgIpc) is 2.32. The zero-order valence-corrected chi connectivity index (χ0v) is 8.80. The summed E-state index contributed by atoms with van der Waals surface area (Å²) in [5.74, 6) is 0.893. The third-order valence-electron chi connectivity index (χ3n) is 2.26. The smallest absolute Gasteiger partial charge is 0.159 e. The number of aromatic nitrogens is 2. The Bertz CT molecular complexity index is 451. The predicted octanol–water partition coefficient (Wildman–Crippen LogP) is 1.35. The molecule has 3 N–H and O–H groups in total. The second-order valence-corrected chi connectivity index (χ2v) is 3.50. The van der Waals surface area contributed by atoms with Gasteiger partial charge in [0.05, 0.1) is 0 Å². The van der Waals surface area contributed by atoms with Crippen LogP contribution in [0.4, 0.5) is 0 Å². The fourth-order valence-electron chi connectivity index (χ4n) is 1.41. The van der Waals surface area contributed by atoms with E-state index in [1.807, 2.05) is 0 Å². The van der Waals surface area contributed by atoms with E-state index in [1.54, 1.807) is 36.7 Å². The highest BCUT2D eigenvalue weighted by Gasteiger charge is 2.01. The normalized spacial score (nSPS) is 10.3. The number of hydrogen-bond donors (Lipinski definition) is 2. The summed E-state index contributed by atoms with van der Waals surface area (Å²) in [5.41, 5.74) is 7.36. The fraction of sp³-hybridized carbons (Fsp3) is 0.167. The molecule has 0 fully saturated rings. The van der Waals surface area contributed by atoms with Crippen LogP contribution in [0.25, 0.3) is 11.4 Å². The lowest BCUT2D eigenvalue weighted by Crippen LogP contribution is -2.03. The Kier molecular flexibility index (Phi) is 3.12. The van der Waals surface area contributed by atoms with Crippen LogP contribution in [0.2, 0.25) is 0 Å². The SMILES string of the molecule is NCCc1cnc(-c2ccc(O)cc2)nc1. The Morgan fingerprint density at radius 2 is 1.69 bits per heavy atom. The molecule has 1 aromatic carbocycles. The fourth-order valence-corrected chi connectivity index (χ4v) is 1.41. The summed E-state index contributed by atoms with van der Waals surface area (Å²) < 4.78 is 0. The molecule has 2 aromatic rings. The number of phenols is 1. The van der Waals surface area contributed by atoms with E-state index in [4.69, 9.17) is 10.8 Å². The van der Waals surface area contributed by atoms with Crippen LogP contribution in [0, 0.1) is 0 Å². The van der Waals surface area contributed by atoms with Gasteiger partial charge in [-0.15, -0.1) is 0 Å². The highest BCUT2D eigenvalue weighted by atomic mass is 16.3. The molecule has 4 nitrogen and oxygen atoms in total. The highest BCUT2D eigenvalue weighted by molar-refractivity contribution is 5.55. The van der Waals surface area contributed by atoms with Crippen LogP contribution >= 0.6 is 0 Å². The topological polar surface area (TPSA) is 72.0 Å². The second-order valence-electron chi connectivity index (χ2n) is 3.50. The van der Waals surface area contributed by atoms with Gasteiger partial charge in [-0.1, -0.05) is 0 Å². The minimum Gasteiger partial charge on any atom is -0.508 e. The molecule has 0 amide bonds. The first kappa shape index (κ1) is 10.6. The van der Waals surface area contributed by atoms with E-state index in [0.29, 0.717) is 12.4 Å². The summed E-state index contributed by atoms with van der Waals surface area (Å²) in [6, 6.07) is 6.81. The zero-order valence-electron chi connectivity index (χ0n) is 8.80. The van der Waals surface area contributed by atoms with Gasteiger partial charge in [0.25, 0.3) is 0 Å². The molecule has 0 aliphatic carbocycles. The Balaban J connectivity index is 2.24. The van der Waals surface area contributed by atoms with E-state index in [2.05, 4.69) is 9.97 Å². The van der Waals surface area contributed by atoms with Gasteiger partial charge >= 0.3 is 0 Å². The third-order valence-corrected chi connectivity index (χ3v) is 2.26. The summed E-state index contributed by atoms with van der Waals surface area (Å²) in [6.45, 7) is 0.599. The monoisotopic (exact) mass is 215 g/mol. The molecule has 0 aliphatic heterocycles. The molecule has 1 aromatic heterocycles. The first-order valence-electron chi connectivity index (χ1n) is 5.10. The molecule has 0 aliphatic rings. The largest absolute Gasteiger partial charge is 0.508 e. The molecule has 0 saturated heterocycles. The van der Waals surface area contributed by atoms with Gasteiger partial charge in [-0.25, -0.2) is 9.97 Å². The summed E-state index contributed by atoms with van der Waals surface area (Å²) >= 11 is 0. The molecule has 0 atom stereocenters. The van der Waals surface area contributed by atoms with E-state index in [1.165, 1.54) is 0 Å². The van der Waals surface area contributed by atoms with Crippen molar-refractivity contribution in [1.29, 1.82) is 0 Å². The van der Waals surface area contributed by atoms with Gasteiger partial charge in [0.1, 0.15) is 5.75 Å². The average molecular weight is 215 g/mol. The minimum atomic E-state index is 0.239. The molecule has 4 heteroatoms. The van der Waals surface area contributed by atoms with Crippen LogP contribution in [0.5, 0.6) is 5.75 Å². The van der Waals surface area contributed by atoms with Gasteiger partial charge in [0.15, 0.2) is 5.82 Å². The lowest BCUT2D eigenvalue weighted by Gasteiger charge is -2.01. The summed E-state index contributed by atoms with van der Waals surface area (Å²) in [7, 11) is 0. The van der Waals surface area contributed by atoms with Gasteiger partial charge < -0.3 is 10.8 Å². The standard InChI is InChI=1S/C12H13N3O/c13-6-5-9-7-14-12(15-8-9)10-1-3-11(16)4-2-10/h1-4,7-8,16H,5-6,13H2. The number of hydrogen-bond acceptors (Lipinski definition) is 4. The molecule has 0 spiro atoms. The maximum atomic E-state index is 9.16. The zero-order chi connectivity index (χ0) is 11.4. The summed E-state index contributed by atoms with van der Waals surface area (Å²) in [5, 5.41) is 9.16. The molecule has 0 saturated carbocycles. The lowest BCUT2D eigenvalue weighted by molar-refractivity contribution is 0.475. The van der Waals surface area contributed by atoms with Crippen LogP contribution in [-0.4, -0.2) is 21.6 Å². The van der Waals surface area contributed by atoms with Gasteiger partial charge in [-0.05, 0) is 42.8 Å². The second kappa shape index (κ2) is 4.72. The van der Waals surface area contributed by atoms with Crippen molar-refractivity contribution in [3.05, 3.63) is 42.2 Å². The number of rotatable bonds is 3. The Hall–Kier alpha value is -1.94. The van der Waals surface area contributed by atoms with E-state index in [-0.39, 0.29) is 5.75 Å². The highest BCUT2D eigenvalue weighted by Crippen LogP contribution is 2.17. The Morgan fingerprint density at radius 1 is 1.06 bits per heavy atom. The van der Waals surface area contributed by atoms with Gasteiger partial charge in [-0.3, -0.25) is 0 Å². The Labute approximate surface area is 93.8 Å². The summed E-state index contributed by atoms with van der Waals surface area (Å²) in [6.07, 6.45) is 4.35. The third kappa shape index (κ3) is 2.35. The van der Waals surface area contributed by atoms with Crippen molar-refractivity contribution in [1.82, 2.24) is 9.97 Å². The van der Waals surface area contributed by atoms with Crippen molar-refractivity contribution in [3.8, 4) is 17.1 Å². The van der Waals surface area contributed by atoms with Crippen molar-refractivity contribution in [3.63, 3.8) is 0 Å². The van der Waals surface area contributed by atoms with E-state index in [9.17, 15) is 0 Å². The maximum Gasteiger partial charge on any atom is 0.159 e. The molecule has 0 radical (unpaired) electrons. The van der Waals surface area contributed by atoms with Crippen molar-refractivity contribution in [2.24, 2.45) is 5.73 Å². The van der Waals surface area contributed by atoms with E-state index in [0.717, 1.165) is 17.5 Å². The number of aromatic hydroxyl groups is 1. The maximum absolute atomic E-state index is 9.16. The minimum absolute atomic E-state index is 0.239. The van der Waals surface area contributed by atoms with Crippen molar-refractivity contribution in [2.75, 3.05) is 6.54 Å². The number of nitrogens with two attached hydrogens (primary N) is 1. The molecule has 16 heavy (non-hydrogen) atoms. The number of nitrogens with zero attached hydrogens (tertiary/aromatic N) is 2. The number of benzene rings is 1. The molecule has 0 bridgehead atoms. The first-order valence-corrected chi connectivity index (χ1v) is 5.10. The molecule has 82 valence electrons. The van der Waals surface area contributed by atoms with Crippen molar-refractivity contribution < 1.29 is 5.11 Å². The van der Waals surface area contributed by atoms with Gasteiger partial charge in [0.2, 0.25) is 0 Å². The van der Waals surface area contributed by atoms with E-state index >= 15 is 0 Å². The van der Waals surface area contributed by atoms with Crippen molar-refractivity contribution in [2.45, 2.75) is 6.42 Å². The Morgan fingerprint density at radius 3 is 2.25 bits per heavy atom. The number of phenolic OH excluding ortho intramolecular Hbond substituents is 1. The molecular weight excluding hydrogens is 202 g/mol. The van der Waals surface area contributed by atoms with Gasteiger partial charge in [0, 0.05) is 18.0 Å². The van der Waals surface area contributed by atoms with Crippen LogP contribution < -0.4 is 5.73 Å². The molecule has 0 unspecified atom stereocenters. The van der Waals surface area contributed by atoms with Crippen LogP contribution in [0.15, 0.2) is 36.7 Å². The van der Waals surface area contributed by atoms with E-state index < -0.39 is 0 Å².